The van der Waals surface area contributed by atoms with Gasteiger partial charge in [-0.05, 0) is 29.8 Å². The fourth-order valence-electron chi connectivity index (χ4n) is 0.757. The Morgan fingerprint density at radius 3 is 2.92 bits per heavy atom. The Bertz CT molecular complexity index is 321. The third-order valence-corrected chi connectivity index (χ3v) is 1.96. The zero-order valence-electron chi connectivity index (χ0n) is 6.89. The zero-order chi connectivity index (χ0) is 9.14. The molecule has 0 aliphatic rings. The van der Waals surface area contributed by atoms with Gasteiger partial charge in [-0.2, -0.15) is 0 Å². The van der Waals surface area contributed by atoms with E-state index in [1.807, 2.05) is 13.8 Å². The van der Waals surface area contributed by atoms with Crippen molar-refractivity contribution in [3.05, 3.63) is 21.2 Å². The van der Waals surface area contributed by atoms with Gasteiger partial charge in [0.1, 0.15) is 10.3 Å². The van der Waals surface area contributed by atoms with E-state index in [4.69, 9.17) is 0 Å². The molecule has 0 aliphatic heterocycles. The SMILES string of the molecule is CC(C)Nc1nc[nH]c(=O)c1Br. The van der Waals surface area contributed by atoms with Crippen molar-refractivity contribution >= 4 is 21.7 Å². The molecule has 1 aromatic rings. The number of hydrogen-bond acceptors (Lipinski definition) is 3. The smallest absolute Gasteiger partial charge is 0.267 e. The van der Waals surface area contributed by atoms with E-state index in [-0.39, 0.29) is 11.6 Å². The zero-order valence-corrected chi connectivity index (χ0v) is 8.47. The van der Waals surface area contributed by atoms with Crippen molar-refractivity contribution in [2.45, 2.75) is 19.9 Å². The normalized spacial score (nSPS) is 10.3. The average Bonchev–Trinajstić information content (AvgIpc) is 1.98. The minimum atomic E-state index is -0.173. The fraction of sp³-hybridized carbons (Fsp3) is 0.429. The lowest BCUT2D eigenvalue weighted by Gasteiger charge is -2.08. The summed E-state index contributed by atoms with van der Waals surface area (Å²) >= 11 is 3.14. The van der Waals surface area contributed by atoms with Crippen LogP contribution in [0, 0.1) is 0 Å². The summed E-state index contributed by atoms with van der Waals surface area (Å²) in [5.74, 6) is 0.578. The minimum absolute atomic E-state index is 0.173. The molecule has 0 unspecified atom stereocenters. The number of nitrogens with one attached hydrogen (secondary N) is 2. The van der Waals surface area contributed by atoms with Crippen molar-refractivity contribution < 1.29 is 0 Å². The number of aromatic nitrogens is 2. The van der Waals surface area contributed by atoms with Crippen molar-refractivity contribution in [1.29, 1.82) is 0 Å². The van der Waals surface area contributed by atoms with Gasteiger partial charge in [-0.1, -0.05) is 0 Å². The topological polar surface area (TPSA) is 57.8 Å². The van der Waals surface area contributed by atoms with Crippen LogP contribution in [-0.4, -0.2) is 16.0 Å². The summed E-state index contributed by atoms with van der Waals surface area (Å²) in [7, 11) is 0. The molecule has 0 aromatic carbocycles. The molecule has 0 bridgehead atoms. The molecule has 0 radical (unpaired) electrons. The highest BCUT2D eigenvalue weighted by Gasteiger charge is 2.04. The third kappa shape index (κ3) is 2.07. The Labute approximate surface area is 78.5 Å². The molecule has 1 aromatic heterocycles. The number of aromatic amines is 1. The van der Waals surface area contributed by atoms with Gasteiger partial charge in [-0.25, -0.2) is 4.98 Å². The Morgan fingerprint density at radius 2 is 2.33 bits per heavy atom. The Morgan fingerprint density at radius 1 is 1.67 bits per heavy atom. The second-order valence-electron chi connectivity index (χ2n) is 2.69. The van der Waals surface area contributed by atoms with Crippen LogP contribution in [0.1, 0.15) is 13.8 Å². The Balaban J connectivity index is 3.00. The van der Waals surface area contributed by atoms with Gasteiger partial charge >= 0.3 is 0 Å². The van der Waals surface area contributed by atoms with E-state index in [0.717, 1.165) is 0 Å². The number of halogens is 1. The van der Waals surface area contributed by atoms with Crippen LogP contribution in [0.15, 0.2) is 15.6 Å². The van der Waals surface area contributed by atoms with Gasteiger partial charge in [0.05, 0.1) is 6.33 Å². The van der Waals surface area contributed by atoms with Crippen LogP contribution in [0.25, 0.3) is 0 Å². The molecule has 4 nitrogen and oxygen atoms in total. The highest BCUT2D eigenvalue weighted by atomic mass is 79.9. The molecular formula is C7H10BrN3O. The van der Waals surface area contributed by atoms with Gasteiger partial charge in [-0.15, -0.1) is 0 Å². The molecule has 0 spiro atoms. The number of hydrogen-bond donors (Lipinski definition) is 2. The number of H-pyrrole nitrogens is 1. The summed E-state index contributed by atoms with van der Waals surface area (Å²) in [6, 6.07) is 0.260. The molecule has 2 N–H and O–H groups in total. The highest BCUT2D eigenvalue weighted by molar-refractivity contribution is 9.10. The predicted molar refractivity (Wildman–Crippen MR) is 51.3 cm³/mol. The van der Waals surface area contributed by atoms with Crippen LogP contribution < -0.4 is 10.9 Å². The van der Waals surface area contributed by atoms with E-state index in [2.05, 4.69) is 31.2 Å². The third-order valence-electron chi connectivity index (χ3n) is 1.22. The van der Waals surface area contributed by atoms with Crippen LogP contribution >= 0.6 is 15.9 Å². The van der Waals surface area contributed by atoms with Crippen LogP contribution in [0.4, 0.5) is 5.82 Å². The van der Waals surface area contributed by atoms with E-state index < -0.39 is 0 Å². The summed E-state index contributed by atoms with van der Waals surface area (Å²) in [5.41, 5.74) is -0.173. The van der Waals surface area contributed by atoms with Gasteiger partial charge < -0.3 is 10.3 Å². The van der Waals surface area contributed by atoms with Crippen molar-refractivity contribution in [2.24, 2.45) is 0 Å². The standard InChI is InChI=1S/C7H10BrN3O/c1-4(2)11-6-5(8)7(12)10-3-9-6/h3-4H,1-2H3,(H2,9,10,11,12). The lowest BCUT2D eigenvalue weighted by atomic mass is 10.4. The maximum Gasteiger partial charge on any atom is 0.267 e. The van der Waals surface area contributed by atoms with Crippen LogP contribution in [0.2, 0.25) is 0 Å². The summed E-state index contributed by atoms with van der Waals surface area (Å²) in [6.07, 6.45) is 1.37. The lowest BCUT2D eigenvalue weighted by Crippen LogP contribution is -2.16. The summed E-state index contributed by atoms with van der Waals surface area (Å²) in [4.78, 5) is 17.5. The molecule has 1 rings (SSSR count). The maximum atomic E-state index is 11.0. The van der Waals surface area contributed by atoms with Crippen LogP contribution in [0.5, 0.6) is 0 Å². The molecule has 5 heteroatoms. The molecule has 0 saturated heterocycles. The molecule has 0 fully saturated rings. The van der Waals surface area contributed by atoms with Gasteiger partial charge in [-0.3, -0.25) is 4.79 Å². The molecule has 66 valence electrons. The Hall–Kier alpha value is -0.840. The highest BCUT2D eigenvalue weighted by Crippen LogP contribution is 2.13. The first-order valence-electron chi connectivity index (χ1n) is 3.61. The summed E-state index contributed by atoms with van der Waals surface area (Å²) in [6.45, 7) is 3.96. The van der Waals surface area contributed by atoms with Crippen LogP contribution in [0.3, 0.4) is 0 Å². The number of anilines is 1. The van der Waals surface area contributed by atoms with Gasteiger partial charge in [0.15, 0.2) is 0 Å². The van der Waals surface area contributed by atoms with Crippen molar-refractivity contribution in [3.63, 3.8) is 0 Å². The monoisotopic (exact) mass is 231 g/mol. The quantitative estimate of drug-likeness (QED) is 0.809. The molecule has 0 aliphatic carbocycles. The largest absolute Gasteiger partial charge is 0.367 e. The molecule has 12 heavy (non-hydrogen) atoms. The first kappa shape index (κ1) is 9.25. The predicted octanol–water partition coefficient (Wildman–Crippen LogP) is 1.35. The lowest BCUT2D eigenvalue weighted by molar-refractivity contribution is 0.881. The van der Waals surface area contributed by atoms with E-state index in [1.165, 1.54) is 6.33 Å². The van der Waals surface area contributed by atoms with E-state index >= 15 is 0 Å². The summed E-state index contributed by atoms with van der Waals surface area (Å²) < 4.78 is 0.443. The molecule has 0 atom stereocenters. The second-order valence-corrected chi connectivity index (χ2v) is 3.49. The van der Waals surface area contributed by atoms with E-state index in [0.29, 0.717) is 10.3 Å². The first-order valence-corrected chi connectivity index (χ1v) is 4.40. The second kappa shape index (κ2) is 3.71. The van der Waals surface area contributed by atoms with Crippen molar-refractivity contribution in [2.75, 3.05) is 5.32 Å². The summed E-state index contributed by atoms with van der Waals surface area (Å²) in [5, 5.41) is 3.04. The molecule has 1 heterocycles. The number of rotatable bonds is 2. The molecule has 0 saturated carbocycles. The number of nitrogens with zero attached hydrogens (tertiary/aromatic N) is 1. The van der Waals surface area contributed by atoms with Crippen molar-refractivity contribution in [1.82, 2.24) is 9.97 Å². The molecular weight excluding hydrogens is 222 g/mol. The van der Waals surface area contributed by atoms with Gasteiger partial charge in [0.2, 0.25) is 0 Å². The fourth-order valence-corrected chi connectivity index (χ4v) is 1.09. The van der Waals surface area contributed by atoms with Crippen LogP contribution in [-0.2, 0) is 0 Å². The minimum Gasteiger partial charge on any atom is -0.367 e. The first-order chi connectivity index (χ1) is 5.61. The average molecular weight is 232 g/mol. The molecule has 0 amide bonds. The van der Waals surface area contributed by atoms with Gasteiger partial charge in [0.25, 0.3) is 5.56 Å². The van der Waals surface area contributed by atoms with Gasteiger partial charge in [0, 0.05) is 6.04 Å². The van der Waals surface area contributed by atoms with E-state index in [1.54, 1.807) is 0 Å². The maximum absolute atomic E-state index is 11.0. The Kier molecular flexibility index (Phi) is 2.86. The van der Waals surface area contributed by atoms with Crippen molar-refractivity contribution in [3.8, 4) is 0 Å². The van der Waals surface area contributed by atoms with E-state index in [9.17, 15) is 4.79 Å².